The van der Waals surface area contributed by atoms with Gasteiger partial charge in [-0.05, 0) is 75.2 Å². The average Bonchev–Trinajstić information content (AvgIpc) is 2.55. The highest BCUT2D eigenvalue weighted by molar-refractivity contribution is 6.04. The maximum atomic E-state index is 12.5. The van der Waals surface area contributed by atoms with E-state index in [4.69, 9.17) is 14.6 Å². The molecule has 0 aliphatic rings. The predicted molar refractivity (Wildman–Crippen MR) is 99.2 cm³/mol. The Balaban J connectivity index is 2.10. The zero-order valence-corrected chi connectivity index (χ0v) is 15.3. The number of aliphatic carboxylic acids is 1. The van der Waals surface area contributed by atoms with Gasteiger partial charge in [0.1, 0.15) is 11.5 Å². The first-order valence-electron chi connectivity index (χ1n) is 8.30. The number of carboxylic acid groups (broad SMARTS) is 1. The van der Waals surface area contributed by atoms with Gasteiger partial charge >= 0.3 is 5.97 Å². The molecule has 0 atom stereocenters. The second-order valence-electron chi connectivity index (χ2n) is 6.27. The topological polar surface area (TPSA) is 84.9 Å². The number of ether oxygens (including phenoxy) is 2. The Kier molecular flexibility index (Phi) is 6.22. The van der Waals surface area contributed by atoms with Crippen molar-refractivity contribution in [3.63, 3.8) is 0 Å². The molecular formula is C20H23NO5. The first-order chi connectivity index (χ1) is 12.3. The summed E-state index contributed by atoms with van der Waals surface area (Å²) in [6.07, 6.45) is 0.0863. The van der Waals surface area contributed by atoms with Crippen molar-refractivity contribution in [2.75, 3.05) is 11.9 Å². The second-order valence-corrected chi connectivity index (χ2v) is 6.27. The third kappa shape index (κ3) is 5.24. The molecule has 0 aromatic heterocycles. The van der Waals surface area contributed by atoms with Gasteiger partial charge in [0.05, 0.1) is 6.10 Å². The van der Waals surface area contributed by atoms with Crippen LogP contribution in [0.2, 0.25) is 0 Å². The average molecular weight is 357 g/mol. The molecule has 0 spiro atoms. The summed E-state index contributed by atoms with van der Waals surface area (Å²) >= 11 is 0. The summed E-state index contributed by atoms with van der Waals surface area (Å²) in [6.45, 7) is 7.03. The molecule has 2 N–H and O–H groups in total. The van der Waals surface area contributed by atoms with Crippen LogP contribution in [0.15, 0.2) is 36.4 Å². The summed E-state index contributed by atoms with van der Waals surface area (Å²) < 4.78 is 10.9. The zero-order chi connectivity index (χ0) is 19.3. The second kappa shape index (κ2) is 8.38. The minimum atomic E-state index is -1.05. The van der Waals surface area contributed by atoms with E-state index in [2.05, 4.69) is 5.32 Å². The number of carbonyl (C=O) groups excluding carboxylic acids is 1. The van der Waals surface area contributed by atoms with Crippen LogP contribution < -0.4 is 14.8 Å². The minimum Gasteiger partial charge on any atom is -0.491 e. The number of aryl methyl sites for hydroxylation is 2. The summed E-state index contributed by atoms with van der Waals surface area (Å²) in [5.74, 6) is -0.0715. The highest BCUT2D eigenvalue weighted by atomic mass is 16.5. The molecule has 2 rings (SSSR count). The molecule has 26 heavy (non-hydrogen) atoms. The van der Waals surface area contributed by atoms with Gasteiger partial charge in [0.2, 0.25) is 0 Å². The van der Waals surface area contributed by atoms with Crippen molar-refractivity contribution in [3.8, 4) is 11.5 Å². The van der Waals surface area contributed by atoms with Crippen molar-refractivity contribution < 1.29 is 24.2 Å². The lowest BCUT2D eigenvalue weighted by Crippen LogP contribution is -2.14. The van der Waals surface area contributed by atoms with Crippen molar-refractivity contribution in [1.29, 1.82) is 0 Å². The largest absolute Gasteiger partial charge is 0.491 e. The van der Waals surface area contributed by atoms with E-state index in [1.54, 1.807) is 50.2 Å². The Morgan fingerprint density at radius 1 is 1.08 bits per heavy atom. The van der Waals surface area contributed by atoms with Crippen molar-refractivity contribution in [1.82, 2.24) is 0 Å². The highest BCUT2D eigenvalue weighted by Gasteiger charge is 2.13. The van der Waals surface area contributed by atoms with Gasteiger partial charge in [-0.2, -0.15) is 0 Å². The number of carboxylic acids is 1. The summed E-state index contributed by atoms with van der Waals surface area (Å²) in [5.41, 5.74) is 2.55. The van der Waals surface area contributed by atoms with E-state index in [-0.39, 0.29) is 12.0 Å². The quantitative estimate of drug-likeness (QED) is 0.787. The van der Waals surface area contributed by atoms with E-state index in [0.29, 0.717) is 28.1 Å². The van der Waals surface area contributed by atoms with Gasteiger partial charge in [-0.1, -0.05) is 0 Å². The van der Waals surface area contributed by atoms with Gasteiger partial charge < -0.3 is 19.9 Å². The van der Waals surface area contributed by atoms with E-state index in [1.165, 1.54) is 0 Å². The molecule has 0 aliphatic carbocycles. The third-order valence-corrected chi connectivity index (χ3v) is 3.55. The van der Waals surface area contributed by atoms with E-state index >= 15 is 0 Å². The first-order valence-corrected chi connectivity index (χ1v) is 8.30. The fraction of sp³-hybridized carbons (Fsp3) is 0.300. The van der Waals surface area contributed by atoms with Crippen LogP contribution in [0.3, 0.4) is 0 Å². The summed E-state index contributed by atoms with van der Waals surface area (Å²) in [6, 6.07) is 10.5. The molecule has 6 nitrogen and oxygen atoms in total. The fourth-order valence-corrected chi connectivity index (χ4v) is 2.54. The van der Waals surface area contributed by atoms with Crippen molar-refractivity contribution in [2.24, 2.45) is 0 Å². The van der Waals surface area contributed by atoms with Gasteiger partial charge in [-0.15, -0.1) is 0 Å². The Morgan fingerprint density at radius 2 is 1.65 bits per heavy atom. The number of amides is 1. The molecule has 0 heterocycles. The van der Waals surface area contributed by atoms with Crippen molar-refractivity contribution in [2.45, 2.75) is 33.8 Å². The minimum absolute atomic E-state index is 0.0863. The number of carbonyl (C=O) groups is 2. The van der Waals surface area contributed by atoms with Crippen LogP contribution in [-0.2, 0) is 4.79 Å². The lowest BCUT2D eigenvalue weighted by Gasteiger charge is -2.13. The van der Waals surface area contributed by atoms with E-state index in [0.717, 1.165) is 5.75 Å². The smallest absolute Gasteiger partial charge is 0.341 e. The lowest BCUT2D eigenvalue weighted by molar-refractivity contribution is -0.139. The molecule has 138 valence electrons. The zero-order valence-electron chi connectivity index (χ0n) is 15.3. The molecule has 0 aliphatic heterocycles. The van der Waals surface area contributed by atoms with Crippen LogP contribution in [0.4, 0.5) is 5.69 Å². The van der Waals surface area contributed by atoms with Gasteiger partial charge in [-0.25, -0.2) is 4.79 Å². The molecule has 0 saturated heterocycles. The monoisotopic (exact) mass is 357 g/mol. The normalized spacial score (nSPS) is 10.5. The molecule has 0 unspecified atom stereocenters. The summed E-state index contributed by atoms with van der Waals surface area (Å²) in [7, 11) is 0. The Morgan fingerprint density at radius 3 is 2.15 bits per heavy atom. The van der Waals surface area contributed by atoms with E-state index < -0.39 is 12.6 Å². The molecule has 2 aromatic rings. The van der Waals surface area contributed by atoms with Gasteiger partial charge in [0.25, 0.3) is 5.91 Å². The number of hydrogen-bond donors (Lipinski definition) is 2. The molecule has 0 saturated carbocycles. The Bertz CT molecular complexity index is 773. The van der Waals surface area contributed by atoms with Crippen LogP contribution in [0.1, 0.15) is 35.3 Å². The molecule has 1 amide bonds. The maximum absolute atomic E-state index is 12.5. The third-order valence-electron chi connectivity index (χ3n) is 3.55. The molecule has 0 bridgehead atoms. The summed E-state index contributed by atoms with van der Waals surface area (Å²) in [5, 5.41) is 11.6. The van der Waals surface area contributed by atoms with Crippen LogP contribution in [0.5, 0.6) is 11.5 Å². The fourth-order valence-electron chi connectivity index (χ4n) is 2.54. The van der Waals surface area contributed by atoms with Crippen molar-refractivity contribution >= 4 is 17.6 Å². The summed E-state index contributed by atoms with van der Waals surface area (Å²) in [4.78, 5) is 23.1. The standard InChI is InChI=1S/C20H23NO5/c1-12(2)26-17-7-5-16(6-8-17)21-20(24)15-9-13(3)19(14(4)10-15)25-11-18(22)23/h5-10,12H,11H2,1-4H3,(H,21,24)(H,22,23). The van der Waals surface area contributed by atoms with Gasteiger partial charge in [0, 0.05) is 11.3 Å². The molecule has 6 heteroatoms. The SMILES string of the molecule is Cc1cc(C(=O)Nc2ccc(OC(C)C)cc2)cc(C)c1OCC(=O)O. The highest BCUT2D eigenvalue weighted by Crippen LogP contribution is 2.25. The number of nitrogens with one attached hydrogen (secondary N) is 1. The molecule has 0 fully saturated rings. The number of hydrogen-bond acceptors (Lipinski definition) is 4. The molecule has 0 radical (unpaired) electrons. The Labute approximate surface area is 152 Å². The van der Waals surface area contributed by atoms with Gasteiger partial charge in [-0.3, -0.25) is 4.79 Å². The van der Waals surface area contributed by atoms with Gasteiger partial charge in [0.15, 0.2) is 6.61 Å². The molecular weight excluding hydrogens is 334 g/mol. The van der Waals surface area contributed by atoms with Crippen LogP contribution >= 0.6 is 0 Å². The first kappa shape index (κ1) is 19.3. The van der Waals surface area contributed by atoms with E-state index in [1.807, 2.05) is 13.8 Å². The number of rotatable bonds is 7. The molecule has 2 aromatic carbocycles. The number of anilines is 1. The van der Waals surface area contributed by atoms with Crippen molar-refractivity contribution in [3.05, 3.63) is 53.1 Å². The predicted octanol–water partition coefficient (Wildman–Crippen LogP) is 3.81. The van der Waals surface area contributed by atoms with Crippen LogP contribution in [-0.4, -0.2) is 29.7 Å². The lowest BCUT2D eigenvalue weighted by atomic mass is 10.0. The van der Waals surface area contributed by atoms with Crippen LogP contribution in [0, 0.1) is 13.8 Å². The van der Waals surface area contributed by atoms with Crippen LogP contribution in [0.25, 0.3) is 0 Å². The number of benzene rings is 2. The Hall–Kier alpha value is -3.02. The maximum Gasteiger partial charge on any atom is 0.341 e. The van der Waals surface area contributed by atoms with E-state index in [9.17, 15) is 9.59 Å².